The Morgan fingerprint density at radius 3 is 1.23 bits per heavy atom. The normalized spacial score (nSPS) is 12.4. The Kier molecular flexibility index (Phi) is 12.1. The molecule has 0 aromatic heterocycles. The van der Waals surface area contributed by atoms with Crippen molar-refractivity contribution in [2.75, 3.05) is 9.80 Å². The van der Waals surface area contributed by atoms with Crippen LogP contribution in [0.15, 0.2) is 291 Å². The topological polar surface area (TPSA) is 6.48 Å². The lowest BCUT2D eigenvalue weighted by Gasteiger charge is -2.36. The van der Waals surface area contributed by atoms with E-state index in [1.807, 2.05) is 121 Å². The van der Waals surface area contributed by atoms with Crippen molar-refractivity contribution in [2.45, 2.75) is 13.1 Å². The van der Waals surface area contributed by atoms with Crippen LogP contribution >= 0.6 is 0 Å². The molecule has 1 aliphatic heterocycles. The molecular formula is C78H54F2N2Si. The van der Waals surface area contributed by atoms with Crippen LogP contribution in [0.1, 0.15) is 0 Å². The molecule has 1 heterocycles. The zero-order chi connectivity index (χ0) is 55.8. The highest BCUT2D eigenvalue weighted by Crippen LogP contribution is 2.49. The van der Waals surface area contributed by atoms with Crippen molar-refractivity contribution >= 4 is 95.7 Å². The Labute approximate surface area is 483 Å². The van der Waals surface area contributed by atoms with Gasteiger partial charge in [0.05, 0.1) is 22.7 Å². The number of hydrogen-bond donors (Lipinski definition) is 0. The molecular weight excluding hydrogens is 1030 g/mol. The number of nitrogens with zero attached hydrogens (tertiary/aromatic N) is 2. The van der Waals surface area contributed by atoms with Crippen LogP contribution in [0, 0.1) is 11.6 Å². The van der Waals surface area contributed by atoms with Crippen molar-refractivity contribution < 1.29 is 8.78 Å². The van der Waals surface area contributed by atoms with E-state index in [4.69, 9.17) is 0 Å². The summed E-state index contributed by atoms with van der Waals surface area (Å²) in [7, 11) is -2.56. The minimum absolute atomic E-state index is 0.290. The second-order valence-electron chi connectivity index (χ2n) is 22.3. The maximum absolute atomic E-state index is 18.1. The first-order valence-electron chi connectivity index (χ1n) is 28.4. The van der Waals surface area contributed by atoms with E-state index in [1.165, 1.54) is 26.9 Å². The Morgan fingerprint density at radius 2 is 0.699 bits per heavy atom. The minimum atomic E-state index is -2.56. The first kappa shape index (κ1) is 49.8. The third-order valence-corrected chi connectivity index (χ3v) is 20.6. The van der Waals surface area contributed by atoms with Crippen molar-refractivity contribution in [3.8, 4) is 55.6 Å². The van der Waals surface area contributed by atoms with Crippen molar-refractivity contribution in [2.24, 2.45) is 0 Å². The van der Waals surface area contributed by atoms with Crippen LogP contribution < -0.4 is 20.2 Å². The molecule has 2 nitrogen and oxygen atoms in total. The first-order valence-corrected chi connectivity index (χ1v) is 31.4. The molecule has 394 valence electrons. The van der Waals surface area contributed by atoms with E-state index in [2.05, 4.69) is 193 Å². The summed E-state index contributed by atoms with van der Waals surface area (Å²) in [6.07, 6.45) is 0. The fraction of sp³-hybridized carbons (Fsp3) is 0.0256. The summed E-state index contributed by atoms with van der Waals surface area (Å²) in [5.74, 6) is -0.590. The molecule has 0 amide bonds. The van der Waals surface area contributed by atoms with Crippen molar-refractivity contribution in [1.29, 1.82) is 0 Å². The van der Waals surface area contributed by atoms with Crippen LogP contribution in [0.25, 0.3) is 98.7 Å². The molecule has 0 atom stereocenters. The first-order chi connectivity index (χ1) is 40.8. The average molecular weight is 1090 g/mol. The highest BCUT2D eigenvalue weighted by molar-refractivity contribution is 7.03. The second-order valence-corrected chi connectivity index (χ2v) is 26.6. The Morgan fingerprint density at radius 1 is 0.265 bits per heavy atom. The summed E-state index contributed by atoms with van der Waals surface area (Å²) < 4.78 is 36.3. The smallest absolute Gasteiger partial charge is 0.155 e. The maximum Gasteiger partial charge on any atom is 0.155 e. The van der Waals surface area contributed by atoms with Gasteiger partial charge in [0.2, 0.25) is 0 Å². The fourth-order valence-electron chi connectivity index (χ4n) is 13.1. The van der Waals surface area contributed by atoms with Gasteiger partial charge in [0, 0.05) is 33.3 Å². The fourth-order valence-corrected chi connectivity index (χ4v) is 16.2. The molecule has 0 fully saturated rings. The predicted molar refractivity (Wildman–Crippen MR) is 350 cm³/mol. The standard InChI is InChI=1S/C78H54F2N2Si/c1-83(2)74-39-21-36-65-66-49-60(81(70-37-19-32-53-30-15-17-34-62(53)70)72-47-58(51-22-7-3-8-23-51)45-67(77(72)79)55-26-11-5-12-27-55)41-40-57(66)44-69(76(65)74)64-43-42-61(50-75(64)83)82(71-38-20-33-54-31-16-18-35-63(54)71)73-48-59(52-24-9-4-10-25-52)46-68(78(73)80)56-28-13-6-14-29-56/h3-50H,1-2H3. The summed E-state index contributed by atoms with van der Waals surface area (Å²) in [5, 5.41) is 11.4. The van der Waals surface area contributed by atoms with Crippen LogP contribution in [0.4, 0.5) is 42.9 Å². The van der Waals surface area contributed by atoms with E-state index < -0.39 is 8.07 Å². The molecule has 0 bridgehead atoms. The van der Waals surface area contributed by atoms with Crippen molar-refractivity contribution in [3.63, 3.8) is 0 Å². The molecule has 15 rings (SSSR count). The molecule has 14 aromatic rings. The molecule has 0 saturated heterocycles. The number of hydrogen-bond acceptors (Lipinski definition) is 2. The number of halogens is 2. The van der Waals surface area contributed by atoms with Crippen LogP contribution in [0.5, 0.6) is 0 Å². The number of fused-ring (bicyclic) bond motifs is 6. The number of anilines is 6. The van der Waals surface area contributed by atoms with E-state index >= 15 is 8.78 Å². The van der Waals surface area contributed by atoms with Gasteiger partial charge in [-0.15, -0.1) is 0 Å². The minimum Gasteiger partial charge on any atom is -0.307 e. The van der Waals surface area contributed by atoms with Gasteiger partial charge in [0.25, 0.3) is 0 Å². The van der Waals surface area contributed by atoms with Gasteiger partial charge >= 0.3 is 0 Å². The van der Waals surface area contributed by atoms with Gasteiger partial charge in [-0.3, -0.25) is 0 Å². The zero-order valence-electron chi connectivity index (χ0n) is 45.9. The molecule has 0 radical (unpaired) electrons. The van der Waals surface area contributed by atoms with Gasteiger partial charge < -0.3 is 9.80 Å². The number of rotatable bonds is 10. The molecule has 0 N–H and O–H groups in total. The SMILES string of the molecule is C[Si]1(C)c2cc(N(c3cc(-c4ccccc4)cc(-c4ccccc4)c3F)c3cccc4ccccc34)ccc2-c2cc3ccc(N(c4cc(-c5ccccc5)cc(-c5ccccc5)c4F)c4cccc5ccccc45)cc3c3cccc1c23. The molecule has 0 aliphatic carbocycles. The molecule has 83 heavy (non-hydrogen) atoms. The highest BCUT2D eigenvalue weighted by Gasteiger charge is 2.37. The molecule has 0 saturated carbocycles. The Balaban J connectivity index is 0.938. The summed E-state index contributed by atoms with van der Waals surface area (Å²) in [6.45, 7) is 4.91. The molecule has 5 heteroatoms. The van der Waals surface area contributed by atoms with Crippen LogP contribution in [0.3, 0.4) is 0 Å². The lowest BCUT2D eigenvalue weighted by molar-refractivity contribution is 0.632. The predicted octanol–water partition coefficient (Wildman–Crippen LogP) is 21.0. The van der Waals surface area contributed by atoms with Gasteiger partial charge in [-0.25, -0.2) is 8.78 Å². The van der Waals surface area contributed by atoms with Gasteiger partial charge in [0.1, 0.15) is 8.07 Å². The highest BCUT2D eigenvalue weighted by atomic mass is 28.3. The van der Waals surface area contributed by atoms with Crippen LogP contribution in [-0.4, -0.2) is 8.07 Å². The van der Waals surface area contributed by atoms with E-state index in [1.54, 1.807) is 0 Å². The maximum atomic E-state index is 18.1. The summed E-state index contributed by atoms with van der Waals surface area (Å²) in [4.78, 5) is 4.28. The van der Waals surface area contributed by atoms with E-state index in [9.17, 15) is 0 Å². The third-order valence-electron chi connectivity index (χ3n) is 17.1. The summed E-state index contributed by atoms with van der Waals surface area (Å²) in [5.41, 5.74) is 13.4. The third kappa shape index (κ3) is 8.42. The van der Waals surface area contributed by atoms with Crippen LogP contribution in [-0.2, 0) is 0 Å². The summed E-state index contributed by atoms with van der Waals surface area (Å²) >= 11 is 0. The number of benzene rings is 14. The van der Waals surface area contributed by atoms with Crippen molar-refractivity contribution in [1.82, 2.24) is 0 Å². The van der Waals surface area contributed by atoms with E-state index in [0.717, 1.165) is 93.8 Å². The monoisotopic (exact) mass is 1080 g/mol. The van der Waals surface area contributed by atoms with Crippen LogP contribution in [0.2, 0.25) is 13.1 Å². The van der Waals surface area contributed by atoms with Gasteiger partial charge in [-0.1, -0.05) is 238 Å². The zero-order valence-corrected chi connectivity index (χ0v) is 46.9. The largest absolute Gasteiger partial charge is 0.307 e. The average Bonchev–Trinajstić information content (AvgIpc) is 3.48. The van der Waals surface area contributed by atoms with Gasteiger partial charge in [-0.05, 0) is 154 Å². The molecule has 14 aromatic carbocycles. The Bertz CT molecular complexity index is 4840. The second kappa shape index (κ2) is 20.1. The lowest BCUT2D eigenvalue weighted by Crippen LogP contribution is -2.56. The van der Waals surface area contributed by atoms with Gasteiger partial charge in [-0.2, -0.15) is 0 Å². The van der Waals surface area contributed by atoms with E-state index in [-0.39, 0.29) is 11.6 Å². The molecule has 0 unspecified atom stereocenters. The van der Waals surface area contributed by atoms with E-state index in [0.29, 0.717) is 22.5 Å². The summed E-state index contributed by atoms with van der Waals surface area (Å²) in [6, 6.07) is 100. The Hall–Kier alpha value is -10.2. The molecule has 0 spiro atoms. The van der Waals surface area contributed by atoms with Crippen molar-refractivity contribution in [3.05, 3.63) is 303 Å². The van der Waals surface area contributed by atoms with Gasteiger partial charge in [0.15, 0.2) is 11.6 Å². The molecule has 1 aliphatic rings. The lowest BCUT2D eigenvalue weighted by atomic mass is 9.91. The quantitative estimate of drug-likeness (QED) is 0.0995.